The van der Waals surface area contributed by atoms with E-state index in [-0.39, 0.29) is 5.91 Å². The average Bonchev–Trinajstić information content (AvgIpc) is 2.93. The first-order valence-electron chi connectivity index (χ1n) is 7.62. The van der Waals surface area contributed by atoms with E-state index in [1.165, 1.54) is 0 Å². The van der Waals surface area contributed by atoms with Crippen LogP contribution in [0, 0.1) is 6.92 Å². The Balaban J connectivity index is 1.73. The van der Waals surface area contributed by atoms with Gasteiger partial charge >= 0.3 is 0 Å². The minimum atomic E-state index is -0.249. The predicted octanol–water partition coefficient (Wildman–Crippen LogP) is 4.47. The predicted molar refractivity (Wildman–Crippen MR) is 94.3 cm³/mol. The van der Waals surface area contributed by atoms with Crippen molar-refractivity contribution >= 4 is 28.5 Å². The van der Waals surface area contributed by atoms with Crippen molar-refractivity contribution in [3.63, 3.8) is 0 Å². The Kier molecular flexibility index (Phi) is 4.88. The summed E-state index contributed by atoms with van der Waals surface area (Å²) in [6.07, 6.45) is 0. The molecule has 0 saturated carbocycles. The Morgan fingerprint density at radius 1 is 1.17 bits per heavy atom. The highest BCUT2D eigenvalue weighted by Gasteiger charge is 2.18. The number of amides is 1. The standard InChI is InChI=1S/C19H18ClNO3/c1-12-15-4-3-5-16(20)18(15)24-17(12)19(22)21-10-13-6-8-14(9-7-13)11-23-2/h3-9H,10-11H2,1-2H3,(H,21,22). The van der Waals surface area contributed by atoms with Gasteiger partial charge in [-0.1, -0.05) is 48.0 Å². The first-order valence-corrected chi connectivity index (χ1v) is 8.00. The van der Waals surface area contributed by atoms with Gasteiger partial charge in [0.05, 0.1) is 11.6 Å². The van der Waals surface area contributed by atoms with Crippen LogP contribution in [0.15, 0.2) is 46.9 Å². The lowest BCUT2D eigenvalue weighted by atomic mass is 10.1. The number of carbonyl (C=O) groups is 1. The molecule has 1 N–H and O–H groups in total. The first kappa shape index (κ1) is 16.6. The summed E-state index contributed by atoms with van der Waals surface area (Å²) in [5.41, 5.74) is 3.44. The van der Waals surface area contributed by atoms with Crippen molar-refractivity contribution in [2.75, 3.05) is 7.11 Å². The van der Waals surface area contributed by atoms with E-state index in [0.717, 1.165) is 22.1 Å². The van der Waals surface area contributed by atoms with Gasteiger partial charge in [0.2, 0.25) is 0 Å². The molecule has 0 atom stereocenters. The van der Waals surface area contributed by atoms with Gasteiger partial charge in [-0.25, -0.2) is 0 Å². The average molecular weight is 344 g/mol. The van der Waals surface area contributed by atoms with Crippen LogP contribution in [0.1, 0.15) is 27.2 Å². The molecule has 1 amide bonds. The molecule has 2 aromatic carbocycles. The van der Waals surface area contributed by atoms with Gasteiger partial charge in [-0.05, 0) is 24.1 Å². The van der Waals surface area contributed by atoms with Crippen LogP contribution in [0.4, 0.5) is 0 Å². The van der Waals surface area contributed by atoms with E-state index in [0.29, 0.717) is 29.5 Å². The minimum Gasteiger partial charge on any atom is -0.449 e. The summed E-state index contributed by atoms with van der Waals surface area (Å²) < 4.78 is 10.8. The highest BCUT2D eigenvalue weighted by Crippen LogP contribution is 2.30. The van der Waals surface area contributed by atoms with E-state index >= 15 is 0 Å². The van der Waals surface area contributed by atoms with Crippen molar-refractivity contribution in [2.45, 2.75) is 20.1 Å². The molecular formula is C19H18ClNO3. The minimum absolute atomic E-state index is 0.249. The lowest BCUT2D eigenvalue weighted by Crippen LogP contribution is -2.22. The van der Waals surface area contributed by atoms with Crippen molar-refractivity contribution in [3.05, 3.63) is 69.9 Å². The molecule has 24 heavy (non-hydrogen) atoms. The molecular weight excluding hydrogens is 326 g/mol. The van der Waals surface area contributed by atoms with Gasteiger partial charge in [-0.2, -0.15) is 0 Å². The smallest absolute Gasteiger partial charge is 0.287 e. The maximum absolute atomic E-state index is 12.4. The molecule has 3 rings (SSSR count). The van der Waals surface area contributed by atoms with E-state index < -0.39 is 0 Å². The van der Waals surface area contributed by atoms with Crippen LogP contribution in [-0.2, 0) is 17.9 Å². The first-order chi connectivity index (χ1) is 11.6. The Labute approximate surface area is 145 Å². The van der Waals surface area contributed by atoms with Gasteiger partial charge in [0.15, 0.2) is 11.3 Å². The fraction of sp³-hybridized carbons (Fsp3) is 0.211. The SMILES string of the molecule is COCc1ccc(CNC(=O)c2oc3c(Cl)cccc3c2C)cc1. The normalized spacial score (nSPS) is 11.0. The number of furan rings is 1. The maximum Gasteiger partial charge on any atom is 0.287 e. The molecule has 0 fully saturated rings. The van der Waals surface area contributed by atoms with Gasteiger partial charge in [0.25, 0.3) is 5.91 Å². The zero-order chi connectivity index (χ0) is 17.1. The largest absolute Gasteiger partial charge is 0.449 e. The summed E-state index contributed by atoms with van der Waals surface area (Å²) in [4.78, 5) is 12.4. The summed E-state index contributed by atoms with van der Waals surface area (Å²) in [7, 11) is 1.66. The highest BCUT2D eigenvalue weighted by atomic mass is 35.5. The summed E-state index contributed by atoms with van der Waals surface area (Å²) in [5.74, 6) is 0.0508. The van der Waals surface area contributed by atoms with Crippen LogP contribution >= 0.6 is 11.6 Å². The summed E-state index contributed by atoms with van der Waals surface area (Å²) in [5, 5.41) is 4.24. The molecule has 5 heteroatoms. The van der Waals surface area contributed by atoms with Crippen LogP contribution in [-0.4, -0.2) is 13.0 Å². The van der Waals surface area contributed by atoms with Gasteiger partial charge in [-0.3, -0.25) is 4.79 Å². The topological polar surface area (TPSA) is 51.5 Å². The number of hydrogen-bond donors (Lipinski definition) is 1. The van der Waals surface area contributed by atoms with E-state index in [9.17, 15) is 4.79 Å². The van der Waals surface area contributed by atoms with Crippen molar-refractivity contribution in [1.29, 1.82) is 0 Å². The molecule has 3 aromatic rings. The Hall–Kier alpha value is -2.30. The summed E-state index contributed by atoms with van der Waals surface area (Å²) in [6.45, 7) is 2.86. The fourth-order valence-corrected chi connectivity index (χ4v) is 2.82. The van der Waals surface area contributed by atoms with Crippen LogP contribution in [0.2, 0.25) is 5.02 Å². The van der Waals surface area contributed by atoms with Crippen molar-refractivity contribution < 1.29 is 13.9 Å². The highest BCUT2D eigenvalue weighted by molar-refractivity contribution is 6.35. The molecule has 0 aliphatic rings. The molecule has 0 bridgehead atoms. The number of methoxy groups -OCH3 is 1. The number of benzene rings is 2. The second-order valence-electron chi connectivity index (χ2n) is 5.60. The lowest BCUT2D eigenvalue weighted by Gasteiger charge is -2.05. The van der Waals surface area contributed by atoms with E-state index in [2.05, 4.69) is 5.32 Å². The van der Waals surface area contributed by atoms with Crippen LogP contribution in [0.5, 0.6) is 0 Å². The number of hydrogen-bond acceptors (Lipinski definition) is 3. The molecule has 0 aliphatic heterocycles. The fourth-order valence-electron chi connectivity index (χ4n) is 2.61. The Morgan fingerprint density at radius 2 is 1.88 bits per heavy atom. The molecule has 4 nitrogen and oxygen atoms in total. The van der Waals surface area contributed by atoms with E-state index in [4.69, 9.17) is 20.8 Å². The number of fused-ring (bicyclic) bond motifs is 1. The second kappa shape index (κ2) is 7.07. The maximum atomic E-state index is 12.4. The van der Waals surface area contributed by atoms with Crippen molar-refractivity contribution in [3.8, 4) is 0 Å². The summed E-state index contributed by atoms with van der Waals surface area (Å²) in [6, 6.07) is 13.4. The molecule has 0 saturated heterocycles. The molecule has 0 unspecified atom stereocenters. The number of halogens is 1. The summed E-state index contributed by atoms with van der Waals surface area (Å²) >= 11 is 6.12. The monoisotopic (exact) mass is 343 g/mol. The lowest BCUT2D eigenvalue weighted by molar-refractivity contribution is 0.0924. The molecule has 124 valence electrons. The van der Waals surface area contributed by atoms with Gasteiger partial charge in [0.1, 0.15) is 0 Å². The van der Waals surface area contributed by atoms with Crippen molar-refractivity contribution in [2.24, 2.45) is 0 Å². The number of nitrogens with one attached hydrogen (secondary N) is 1. The molecule has 0 spiro atoms. The number of ether oxygens (including phenoxy) is 1. The third-order valence-electron chi connectivity index (χ3n) is 3.91. The third-order valence-corrected chi connectivity index (χ3v) is 4.21. The Morgan fingerprint density at radius 3 is 2.54 bits per heavy atom. The van der Waals surface area contributed by atoms with Crippen LogP contribution < -0.4 is 5.32 Å². The van der Waals surface area contributed by atoms with Gasteiger partial charge in [-0.15, -0.1) is 0 Å². The number of carbonyl (C=O) groups excluding carboxylic acids is 1. The Bertz CT molecular complexity index is 868. The quantitative estimate of drug-likeness (QED) is 0.743. The number of aryl methyl sites for hydroxylation is 1. The zero-order valence-corrected chi connectivity index (χ0v) is 14.3. The second-order valence-corrected chi connectivity index (χ2v) is 6.01. The van der Waals surface area contributed by atoms with E-state index in [1.807, 2.05) is 43.3 Å². The van der Waals surface area contributed by atoms with Crippen LogP contribution in [0.25, 0.3) is 11.0 Å². The number of rotatable bonds is 5. The zero-order valence-electron chi connectivity index (χ0n) is 13.6. The molecule has 1 heterocycles. The molecule has 1 aromatic heterocycles. The van der Waals surface area contributed by atoms with Crippen LogP contribution in [0.3, 0.4) is 0 Å². The molecule has 0 aliphatic carbocycles. The third kappa shape index (κ3) is 3.30. The van der Waals surface area contributed by atoms with Gasteiger partial charge in [0, 0.05) is 24.6 Å². The number of para-hydroxylation sites is 1. The van der Waals surface area contributed by atoms with Crippen molar-refractivity contribution in [1.82, 2.24) is 5.32 Å². The van der Waals surface area contributed by atoms with Gasteiger partial charge < -0.3 is 14.5 Å². The van der Waals surface area contributed by atoms with E-state index in [1.54, 1.807) is 13.2 Å². The molecule has 0 radical (unpaired) electrons.